The zero-order valence-corrected chi connectivity index (χ0v) is 17.9. The van der Waals surface area contributed by atoms with Gasteiger partial charge in [0, 0.05) is 23.7 Å². The van der Waals surface area contributed by atoms with Gasteiger partial charge in [-0.25, -0.2) is 4.98 Å². The molecule has 3 aromatic rings. The molecule has 0 saturated heterocycles. The number of anilines is 1. The highest BCUT2D eigenvalue weighted by Gasteiger charge is 2.12. The van der Waals surface area contributed by atoms with E-state index in [2.05, 4.69) is 49.6 Å². The first-order chi connectivity index (χ1) is 13.9. The first kappa shape index (κ1) is 20.9. The second kappa shape index (κ2) is 9.09. The van der Waals surface area contributed by atoms with E-state index in [1.807, 2.05) is 6.07 Å². The van der Waals surface area contributed by atoms with Gasteiger partial charge in [-0.15, -0.1) is 0 Å². The van der Waals surface area contributed by atoms with Crippen molar-refractivity contribution < 1.29 is 9.59 Å². The minimum atomic E-state index is -0.188. The molecule has 1 aromatic heterocycles. The largest absolute Gasteiger partial charge is 0.355 e. The van der Waals surface area contributed by atoms with Crippen LogP contribution in [0.5, 0.6) is 0 Å². The van der Waals surface area contributed by atoms with E-state index in [9.17, 15) is 9.59 Å². The number of hydrogen-bond donors (Lipinski definition) is 2. The molecule has 2 aromatic carbocycles. The number of rotatable bonds is 6. The molecular formula is C23H25N3O2S. The topological polar surface area (TPSA) is 71.1 Å². The van der Waals surface area contributed by atoms with Crippen LogP contribution < -0.4 is 10.6 Å². The van der Waals surface area contributed by atoms with E-state index >= 15 is 0 Å². The molecule has 6 heteroatoms. The fourth-order valence-corrected chi connectivity index (χ4v) is 3.94. The fourth-order valence-electron chi connectivity index (χ4n) is 3.17. The van der Waals surface area contributed by atoms with Crippen LogP contribution in [-0.2, 0) is 4.79 Å². The van der Waals surface area contributed by atoms with E-state index in [-0.39, 0.29) is 17.6 Å². The van der Waals surface area contributed by atoms with Crippen molar-refractivity contribution in [2.24, 2.45) is 0 Å². The van der Waals surface area contributed by atoms with Crippen molar-refractivity contribution in [2.75, 3.05) is 18.1 Å². The molecular weight excluding hydrogens is 382 g/mol. The summed E-state index contributed by atoms with van der Waals surface area (Å²) in [6, 6.07) is 15.2. The molecule has 0 bridgehead atoms. The predicted molar refractivity (Wildman–Crippen MR) is 120 cm³/mol. The highest BCUT2D eigenvalue weighted by molar-refractivity contribution is 7.99. The van der Waals surface area contributed by atoms with Crippen LogP contribution in [0.3, 0.4) is 0 Å². The number of nitrogens with one attached hydrogen (secondary N) is 2. The Balaban J connectivity index is 1.73. The Bertz CT molecular complexity index is 1060. The number of amides is 2. The summed E-state index contributed by atoms with van der Waals surface area (Å²) in [6.45, 7) is 6.39. The van der Waals surface area contributed by atoms with Crippen molar-refractivity contribution in [2.45, 2.75) is 31.7 Å². The maximum absolute atomic E-state index is 12.4. The molecule has 0 unspecified atom stereocenters. The number of hydrogen-bond acceptors (Lipinski definition) is 4. The van der Waals surface area contributed by atoms with Crippen LogP contribution in [0.25, 0.3) is 10.9 Å². The Hall–Kier alpha value is -2.86. The number of nitrogens with zero attached hydrogens (tertiary/aromatic N) is 1. The van der Waals surface area contributed by atoms with Crippen molar-refractivity contribution in [1.82, 2.24) is 10.3 Å². The van der Waals surface area contributed by atoms with Crippen molar-refractivity contribution in [3.8, 4) is 0 Å². The average molecular weight is 408 g/mol. The molecule has 0 saturated carbocycles. The van der Waals surface area contributed by atoms with Crippen molar-refractivity contribution in [3.63, 3.8) is 0 Å². The quantitative estimate of drug-likeness (QED) is 0.578. The molecule has 0 aliphatic heterocycles. The molecule has 2 amide bonds. The summed E-state index contributed by atoms with van der Waals surface area (Å²) in [5, 5.41) is 7.40. The average Bonchev–Trinajstić information content (AvgIpc) is 2.71. The lowest BCUT2D eigenvalue weighted by Gasteiger charge is -2.12. The van der Waals surface area contributed by atoms with Gasteiger partial charge in [-0.05, 0) is 48.2 Å². The van der Waals surface area contributed by atoms with Gasteiger partial charge < -0.3 is 10.6 Å². The Labute approximate surface area is 175 Å². The Morgan fingerprint density at radius 3 is 2.59 bits per heavy atom. The number of carbonyl (C=O) groups excluding carboxylic acids is 2. The second-order valence-corrected chi connectivity index (χ2v) is 8.17. The number of para-hydroxylation sites is 1. The van der Waals surface area contributed by atoms with E-state index in [1.54, 1.807) is 31.3 Å². The van der Waals surface area contributed by atoms with Gasteiger partial charge in [0.25, 0.3) is 5.91 Å². The first-order valence-electron chi connectivity index (χ1n) is 9.54. The summed E-state index contributed by atoms with van der Waals surface area (Å²) in [5.41, 5.74) is 4.47. The normalized spacial score (nSPS) is 10.9. The molecule has 1 heterocycles. The fraction of sp³-hybridized carbons (Fsp3) is 0.261. The minimum Gasteiger partial charge on any atom is -0.355 e. The van der Waals surface area contributed by atoms with E-state index in [0.717, 1.165) is 21.5 Å². The molecule has 3 rings (SSSR count). The van der Waals surface area contributed by atoms with Gasteiger partial charge in [0.05, 0.1) is 16.3 Å². The molecule has 2 N–H and O–H groups in total. The van der Waals surface area contributed by atoms with Crippen molar-refractivity contribution in [3.05, 3.63) is 65.2 Å². The van der Waals surface area contributed by atoms with Gasteiger partial charge in [0.15, 0.2) is 0 Å². The van der Waals surface area contributed by atoms with Gasteiger partial charge in [-0.1, -0.05) is 49.9 Å². The Morgan fingerprint density at radius 2 is 1.86 bits per heavy atom. The van der Waals surface area contributed by atoms with Gasteiger partial charge >= 0.3 is 0 Å². The van der Waals surface area contributed by atoms with Crippen LogP contribution in [0.4, 0.5) is 5.69 Å². The number of carbonyl (C=O) groups is 2. The molecule has 5 nitrogen and oxygen atoms in total. The maximum Gasteiger partial charge on any atom is 0.251 e. The standard InChI is InChI=1S/C23H25N3O2S/c1-14(2)18-9-6-10-19-15(3)11-21(26-22(18)19)29-13-20(27)25-17-8-5-7-16(12-17)23(28)24-4/h5-12,14H,13H2,1-4H3,(H,24,28)(H,25,27). The van der Waals surface area contributed by atoms with Crippen molar-refractivity contribution in [1.29, 1.82) is 0 Å². The van der Waals surface area contributed by atoms with Crippen LogP contribution in [0.15, 0.2) is 53.6 Å². The molecule has 29 heavy (non-hydrogen) atoms. The highest BCUT2D eigenvalue weighted by atomic mass is 32.2. The number of aromatic nitrogens is 1. The van der Waals surface area contributed by atoms with Crippen LogP contribution in [-0.4, -0.2) is 29.6 Å². The number of benzene rings is 2. The lowest BCUT2D eigenvalue weighted by atomic mass is 9.98. The van der Waals surface area contributed by atoms with Crippen LogP contribution in [0.2, 0.25) is 0 Å². The minimum absolute atomic E-state index is 0.138. The molecule has 0 radical (unpaired) electrons. The summed E-state index contributed by atoms with van der Waals surface area (Å²) in [6.07, 6.45) is 0. The van der Waals surface area contributed by atoms with Gasteiger partial charge in [0.2, 0.25) is 5.91 Å². The lowest BCUT2D eigenvalue weighted by molar-refractivity contribution is -0.113. The number of thioether (sulfide) groups is 1. The third kappa shape index (κ3) is 4.95. The third-order valence-corrected chi connectivity index (χ3v) is 5.57. The smallest absolute Gasteiger partial charge is 0.251 e. The van der Waals surface area contributed by atoms with Crippen molar-refractivity contribution >= 4 is 40.2 Å². The van der Waals surface area contributed by atoms with E-state index in [4.69, 9.17) is 4.98 Å². The summed E-state index contributed by atoms with van der Waals surface area (Å²) in [5.74, 6) is 0.293. The molecule has 0 fully saturated rings. The van der Waals surface area contributed by atoms with Crippen LogP contribution in [0, 0.1) is 6.92 Å². The number of aryl methyl sites for hydroxylation is 1. The summed E-state index contributed by atoms with van der Waals surface area (Å²) in [4.78, 5) is 29.0. The molecule has 0 aliphatic rings. The molecule has 0 spiro atoms. The lowest BCUT2D eigenvalue weighted by Crippen LogP contribution is -2.19. The Morgan fingerprint density at radius 1 is 1.10 bits per heavy atom. The van der Waals surface area contributed by atoms with Gasteiger partial charge in [-0.2, -0.15) is 0 Å². The maximum atomic E-state index is 12.4. The Kier molecular flexibility index (Phi) is 6.54. The summed E-state index contributed by atoms with van der Waals surface area (Å²) in [7, 11) is 1.58. The molecule has 0 aliphatic carbocycles. The zero-order chi connectivity index (χ0) is 21.0. The SMILES string of the molecule is CNC(=O)c1cccc(NC(=O)CSc2cc(C)c3cccc(C(C)C)c3n2)c1. The molecule has 150 valence electrons. The van der Waals surface area contributed by atoms with E-state index in [0.29, 0.717) is 17.2 Å². The van der Waals surface area contributed by atoms with Crippen LogP contribution >= 0.6 is 11.8 Å². The molecule has 0 atom stereocenters. The summed E-state index contributed by atoms with van der Waals surface area (Å²) < 4.78 is 0. The van der Waals surface area contributed by atoms with Gasteiger partial charge in [0.1, 0.15) is 0 Å². The monoisotopic (exact) mass is 407 g/mol. The second-order valence-electron chi connectivity index (χ2n) is 7.17. The number of pyridine rings is 1. The summed E-state index contributed by atoms with van der Waals surface area (Å²) >= 11 is 1.41. The van der Waals surface area contributed by atoms with E-state index in [1.165, 1.54) is 17.3 Å². The zero-order valence-electron chi connectivity index (χ0n) is 17.1. The first-order valence-corrected chi connectivity index (χ1v) is 10.5. The van der Waals surface area contributed by atoms with E-state index < -0.39 is 0 Å². The van der Waals surface area contributed by atoms with Crippen LogP contribution in [0.1, 0.15) is 41.3 Å². The number of fused-ring (bicyclic) bond motifs is 1. The predicted octanol–water partition coefficient (Wildman–Crippen LogP) is 4.76. The third-order valence-electron chi connectivity index (χ3n) is 4.66. The highest BCUT2D eigenvalue weighted by Crippen LogP contribution is 2.29. The van der Waals surface area contributed by atoms with Gasteiger partial charge in [-0.3, -0.25) is 9.59 Å².